The van der Waals surface area contributed by atoms with Gasteiger partial charge in [0.25, 0.3) is 0 Å². The summed E-state index contributed by atoms with van der Waals surface area (Å²) in [7, 11) is 1.66. The maximum absolute atomic E-state index is 12.0. The molecule has 5 heteroatoms. The number of ether oxygens (including phenoxy) is 1. The van der Waals surface area contributed by atoms with E-state index in [0.29, 0.717) is 31.4 Å². The molecule has 1 fully saturated rings. The molecular weight excluding hydrogens is 266 g/mol. The summed E-state index contributed by atoms with van der Waals surface area (Å²) in [6, 6.07) is 2.04. The zero-order chi connectivity index (χ0) is 15.4. The lowest BCUT2D eigenvalue weighted by molar-refractivity contribution is -0.128. The molecule has 21 heavy (non-hydrogen) atoms. The van der Waals surface area contributed by atoms with Gasteiger partial charge in [0.2, 0.25) is 5.91 Å². The minimum Gasteiger partial charge on any atom is -0.383 e. The van der Waals surface area contributed by atoms with Gasteiger partial charge in [-0.2, -0.15) is 0 Å². The third kappa shape index (κ3) is 4.24. The van der Waals surface area contributed by atoms with Gasteiger partial charge in [-0.3, -0.25) is 4.79 Å². The second-order valence-corrected chi connectivity index (χ2v) is 6.12. The molecule has 5 nitrogen and oxygen atoms in total. The Morgan fingerprint density at radius 1 is 1.43 bits per heavy atom. The molecule has 1 aliphatic heterocycles. The fourth-order valence-electron chi connectivity index (χ4n) is 2.73. The van der Waals surface area contributed by atoms with Crippen molar-refractivity contribution in [2.75, 3.05) is 26.8 Å². The maximum atomic E-state index is 12.0. The third-order valence-corrected chi connectivity index (χ3v) is 3.80. The van der Waals surface area contributed by atoms with Crippen LogP contribution < -0.4 is 0 Å². The molecule has 2 heterocycles. The van der Waals surface area contributed by atoms with Crippen LogP contribution in [0, 0.1) is 12.8 Å². The van der Waals surface area contributed by atoms with Gasteiger partial charge >= 0.3 is 0 Å². The van der Waals surface area contributed by atoms with E-state index in [0.717, 1.165) is 30.2 Å². The number of carbonyl (C=O) groups is 1. The van der Waals surface area contributed by atoms with E-state index in [9.17, 15) is 4.79 Å². The fraction of sp³-hybridized carbons (Fsp3) is 0.688. The molecule has 0 bridgehead atoms. The van der Waals surface area contributed by atoms with Crippen LogP contribution >= 0.6 is 0 Å². The maximum Gasteiger partial charge on any atom is 0.223 e. The van der Waals surface area contributed by atoms with E-state index in [2.05, 4.69) is 23.8 Å². The molecule has 116 valence electrons. The Morgan fingerprint density at radius 2 is 2.19 bits per heavy atom. The van der Waals surface area contributed by atoms with E-state index in [-0.39, 0.29) is 5.91 Å². The predicted molar refractivity (Wildman–Crippen MR) is 81.1 cm³/mol. The van der Waals surface area contributed by atoms with Crippen LogP contribution in [0.25, 0.3) is 0 Å². The smallest absolute Gasteiger partial charge is 0.223 e. The first-order chi connectivity index (χ1) is 9.99. The predicted octanol–water partition coefficient (Wildman–Crippen LogP) is 1.95. The van der Waals surface area contributed by atoms with Gasteiger partial charge in [-0.15, -0.1) is 0 Å². The third-order valence-electron chi connectivity index (χ3n) is 3.80. The van der Waals surface area contributed by atoms with Crippen LogP contribution in [0.1, 0.15) is 43.4 Å². The highest BCUT2D eigenvalue weighted by atomic mass is 16.5. The molecule has 0 aliphatic carbocycles. The Bertz CT molecular complexity index is 502. The van der Waals surface area contributed by atoms with Gasteiger partial charge in [-0.1, -0.05) is 13.8 Å². The van der Waals surface area contributed by atoms with E-state index in [1.165, 1.54) is 0 Å². The molecule has 1 aromatic rings. The van der Waals surface area contributed by atoms with E-state index in [1.807, 2.05) is 17.9 Å². The highest BCUT2D eigenvalue weighted by Gasteiger charge is 2.29. The number of methoxy groups -OCH3 is 1. The second kappa shape index (κ2) is 6.98. The number of aryl methyl sites for hydroxylation is 1. The topological polar surface area (TPSA) is 55.3 Å². The molecule has 0 aromatic carbocycles. The summed E-state index contributed by atoms with van der Waals surface area (Å²) in [5, 5.41) is 0. The summed E-state index contributed by atoms with van der Waals surface area (Å²) in [6.07, 6.45) is 1.46. The number of nitrogens with zero attached hydrogens (tertiary/aromatic N) is 3. The van der Waals surface area contributed by atoms with Crippen molar-refractivity contribution >= 4 is 5.91 Å². The Hall–Kier alpha value is -1.49. The minimum atomic E-state index is 0.229. The van der Waals surface area contributed by atoms with Crippen LogP contribution in [-0.4, -0.2) is 47.6 Å². The first-order valence-electron chi connectivity index (χ1n) is 7.60. The lowest BCUT2D eigenvalue weighted by Crippen LogP contribution is -2.29. The number of aromatic nitrogens is 2. The van der Waals surface area contributed by atoms with Crippen LogP contribution in [0.2, 0.25) is 0 Å². The van der Waals surface area contributed by atoms with Crippen molar-refractivity contribution in [3.05, 3.63) is 23.3 Å². The van der Waals surface area contributed by atoms with Gasteiger partial charge < -0.3 is 9.64 Å². The van der Waals surface area contributed by atoms with Crippen LogP contribution in [0.4, 0.5) is 0 Å². The van der Waals surface area contributed by atoms with Gasteiger partial charge in [-0.05, 0) is 25.3 Å². The van der Waals surface area contributed by atoms with Crippen molar-refractivity contribution in [2.45, 2.75) is 39.5 Å². The van der Waals surface area contributed by atoms with Gasteiger partial charge in [0, 0.05) is 43.9 Å². The zero-order valence-corrected chi connectivity index (χ0v) is 13.4. The number of likely N-dealkylation sites (tertiary alicyclic amines) is 1. The quantitative estimate of drug-likeness (QED) is 0.804. The second-order valence-electron chi connectivity index (χ2n) is 6.12. The van der Waals surface area contributed by atoms with Crippen molar-refractivity contribution < 1.29 is 9.53 Å². The van der Waals surface area contributed by atoms with Gasteiger partial charge in [0.1, 0.15) is 5.82 Å². The van der Waals surface area contributed by atoms with Gasteiger partial charge in [-0.25, -0.2) is 9.97 Å². The molecule has 0 radical (unpaired) electrons. The normalized spacial score (nSPS) is 18.8. The summed E-state index contributed by atoms with van der Waals surface area (Å²) in [5.41, 5.74) is 2.06. The molecule has 2 rings (SSSR count). The molecule has 1 aliphatic rings. The Balaban J connectivity index is 2.01. The lowest BCUT2D eigenvalue weighted by Gasteiger charge is -2.16. The van der Waals surface area contributed by atoms with Crippen molar-refractivity contribution in [1.82, 2.24) is 14.9 Å². The Kier molecular flexibility index (Phi) is 5.28. The molecule has 1 saturated heterocycles. The summed E-state index contributed by atoms with van der Waals surface area (Å²) < 4.78 is 5.05. The Labute approximate surface area is 126 Å². The van der Waals surface area contributed by atoms with Crippen LogP contribution in [-0.2, 0) is 16.0 Å². The summed E-state index contributed by atoms with van der Waals surface area (Å²) >= 11 is 0. The molecule has 0 N–H and O–H groups in total. The van der Waals surface area contributed by atoms with Crippen LogP contribution in [0.5, 0.6) is 0 Å². The number of carbonyl (C=O) groups excluding carboxylic acids is 1. The Morgan fingerprint density at radius 3 is 2.86 bits per heavy atom. The zero-order valence-electron chi connectivity index (χ0n) is 13.4. The molecule has 0 unspecified atom stereocenters. The molecule has 1 aromatic heterocycles. The number of hydrogen-bond acceptors (Lipinski definition) is 4. The van der Waals surface area contributed by atoms with Gasteiger partial charge in [0.05, 0.1) is 6.61 Å². The van der Waals surface area contributed by atoms with Crippen molar-refractivity contribution in [2.24, 2.45) is 5.92 Å². The summed E-state index contributed by atoms with van der Waals surface area (Å²) in [6.45, 7) is 8.30. The van der Waals surface area contributed by atoms with Crippen molar-refractivity contribution in [3.8, 4) is 0 Å². The number of hydrogen-bond donors (Lipinski definition) is 0. The monoisotopic (exact) mass is 291 g/mol. The molecule has 1 atom stereocenters. The van der Waals surface area contributed by atoms with E-state index >= 15 is 0 Å². The average Bonchev–Trinajstić information content (AvgIpc) is 2.75. The van der Waals surface area contributed by atoms with Crippen LogP contribution in [0.3, 0.4) is 0 Å². The molecule has 0 spiro atoms. The number of amides is 1. The molecule has 1 amide bonds. The highest BCUT2D eigenvalue weighted by molar-refractivity contribution is 5.78. The standard InChI is InChI=1S/C16H25N3O2/c1-11(2)16-17-12(3)7-14(18-16)8-13-9-15(20)19(10-13)5-6-21-4/h7,11,13H,5-6,8-10H2,1-4H3/t13-/m1/s1. The molecule has 0 saturated carbocycles. The van der Waals surface area contributed by atoms with E-state index < -0.39 is 0 Å². The number of rotatable bonds is 6. The van der Waals surface area contributed by atoms with Crippen molar-refractivity contribution in [1.29, 1.82) is 0 Å². The summed E-state index contributed by atoms with van der Waals surface area (Å²) in [5.74, 6) is 1.80. The lowest BCUT2D eigenvalue weighted by atomic mass is 10.0. The minimum absolute atomic E-state index is 0.229. The fourth-order valence-corrected chi connectivity index (χ4v) is 2.73. The van der Waals surface area contributed by atoms with E-state index in [4.69, 9.17) is 4.74 Å². The first-order valence-corrected chi connectivity index (χ1v) is 7.60. The molecular formula is C16H25N3O2. The highest BCUT2D eigenvalue weighted by Crippen LogP contribution is 2.22. The SMILES string of the molecule is COCCN1C[C@H](Cc2cc(C)nc(C(C)C)n2)CC1=O. The largest absolute Gasteiger partial charge is 0.383 e. The van der Waals surface area contributed by atoms with E-state index in [1.54, 1.807) is 7.11 Å². The van der Waals surface area contributed by atoms with Gasteiger partial charge in [0.15, 0.2) is 0 Å². The van der Waals surface area contributed by atoms with Crippen molar-refractivity contribution in [3.63, 3.8) is 0 Å². The summed E-state index contributed by atoms with van der Waals surface area (Å²) in [4.78, 5) is 23.0. The average molecular weight is 291 g/mol. The first kappa shape index (κ1) is 15.9. The van der Waals surface area contributed by atoms with Crippen LogP contribution in [0.15, 0.2) is 6.07 Å².